The second kappa shape index (κ2) is 9.71. The number of amides is 1. The highest BCUT2D eigenvalue weighted by molar-refractivity contribution is 7.23. The molecule has 1 N–H and O–H groups in total. The molecule has 0 saturated carbocycles. The molecule has 0 radical (unpaired) electrons. The maximum absolute atomic E-state index is 12.8. The average molecular weight is 478 g/mol. The third-order valence-corrected chi connectivity index (χ3v) is 5.92. The SMILES string of the molecule is CCCCOC(=O)c1c(NC(=O)c2cc([N+](=O)[O-])c(Cl)c([N+](=O)[O-])c2)sc2ccccc12. The Balaban J connectivity index is 2.02. The van der Waals surface area contributed by atoms with Gasteiger partial charge in [-0.1, -0.05) is 43.1 Å². The predicted octanol–water partition coefficient (Wildman–Crippen LogP) is 5.58. The van der Waals surface area contributed by atoms with E-state index in [0.717, 1.165) is 29.9 Å². The number of halogens is 1. The summed E-state index contributed by atoms with van der Waals surface area (Å²) in [7, 11) is 0. The monoisotopic (exact) mass is 477 g/mol. The fourth-order valence-electron chi connectivity index (χ4n) is 2.88. The number of nitrogens with one attached hydrogen (secondary N) is 1. The normalized spacial score (nSPS) is 10.7. The quantitative estimate of drug-likeness (QED) is 0.193. The van der Waals surface area contributed by atoms with E-state index in [-0.39, 0.29) is 22.7 Å². The Morgan fingerprint density at radius 2 is 1.75 bits per heavy atom. The number of ether oxygens (including phenoxy) is 1. The van der Waals surface area contributed by atoms with Crippen LogP contribution in [0.1, 0.15) is 40.5 Å². The minimum atomic E-state index is -0.915. The molecule has 0 unspecified atom stereocenters. The van der Waals surface area contributed by atoms with E-state index in [2.05, 4.69) is 5.32 Å². The van der Waals surface area contributed by atoms with Crippen LogP contribution in [0.4, 0.5) is 16.4 Å². The Kier molecular flexibility index (Phi) is 7.01. The number of nitrogens with zero attached hydrogens (tertiary/aromatic N) is 2. The van der Waals surface area contributed by atoms with Crippen molar-refractivity contribution in [2.75, 3.05) is 11.9 Å². The lowest BCUT2D eigenvalue weighted by Crippen LogP contribution is -2.15. The van der Waals surface area contributed by atoms with Gasteiger partial charge in [0.05, 0.1) is 22.0 Å². The van der Waals surface area contributed by atoms with Crippen LogP contribution in [0.5, 0.6) is 0 Å². The van der Waals surface area contributed by atoms with E-state index in [1.165, 1.54) is 0 Å². The van der Waals surface area contributed by atoms with E-state index < -0.39 is 38.1 Å². The van der Waals surface area contributed by atoms with Crippen molar-refractivity contribution >= 4 is 61.3 Å². The third kappa shape index (κ3) is 4.68. The molecule has 0 aliphatic heterocycles. The van der Waals surface area contributed by atoms with Gasteiger partial charge in [0.25, 0.3) is 17.3 Å². The molecular formula is C20H16ClN3O7S. The Bertz CT molecular complexity index is 1210. The molecule has 1 amide bonds. The summed E-state index contributed by atoms with van der Waals surface area (Å²) in [4.78, 5) is 46.2. The Morgan fingerprint density at radius 1 is 1.12 bits per heavy atom. The summed E-state index contributed by atoms with van der Waals surface area (Å²) in [5.41, 5.74) is -1.76. The number of hydrogen-bond donors (Lipinski definition) is 1. The summed E-state index contributed by atoms with van der Waals surface area (Å²) in [6.07, 6.45) is 1.50. The van der Waals surface area contributed by atoms with Gasteiger partial charge in [0.15, 0.2) is 5.02 Å². The van der Waals surface area contributed by atoms with Crippen molar-refractivity contribution in [2.24, 2.45) is 0 Å². The molecular weight excluding hydrogens is 462 g/mol. The lowest BCUT2D eigenvalue weighted by atomic mass is 10.1. The number of benzene rings is 2. The summed E-state index contributed by atoms with van der Waals surface area (Å²) >= 11 is 6.85. The molecule has 0 saturated heterocycles. The van der Waals surface area contributed by atoms with Crippen LogP contribution in [0.15, 0.2) is 36.4 Å². The number of nitro benzene ring substituents is 2. The Labute approximate surface area is 190 Å². The van der Waals surface area contributed by atoms with E-state index in [0.29, 0.717) is 16.5 Å². The number of esters is 1. The first-order valence-electron chi connectivity index (χ1n) is 9.36. The number of rotatable bonds is 8. The highest BCUT2D eigenvalue weighted by atomic mass is 35.5. The van der Waals surface area contributed by atoms with Gasteiger partial charge in [-0.25, -0.2) is 4.79 Å². The van der Waals surface area contributed by atoms with Gasteiger partial charge in [-0.15, -0.1) is 11.3 Å². The summed E-state index contributed by atoms with van der Waals surface area (Å²) < 4.78 is 6.01. The summed E-state index contributed by atoms with van der Waals surface area (Å²) in [5, 5.41) is 25.0. The molecule has 3 rings (SSSR count). The van der Waals surface area contributed by atoms with Crippen molar-refractivity contribution in [3.63, 3.8) is 0 Å². The van der Waals surface area contributed by atoms with Gasteiger partial charge in [0, 0.05) is 22.2 Å². The number of carbonyl (C=O) groups excluding carboxylic acids is 2. The van der Waals surface area contributed by atoms with Gasteiger partial charge in [-0.3, -0.25) is 25.0 Å². The lowest BCUT2D eigenvalue weighted by Gasteiger charge is -2.08. The van der Waals surface area contributed by atoms with Gasteiger partial charge in [-0.05, 0) is 12.5 Å². The smallest absolute Gasteiger partial charge is 0.341 e. The molecule has 12 heteroatoms. The van der Waals surface area contributed by atoms with E-state index >= 15 is 0 Å². The minimum absolute atomic E-state index is 0.146. The number of nitro groups is 2. The first-order valence-corrected chi connectivity index (χ1v) is 10.6. The number of thiophene rings is 1. The summed E-state index contributed by atoms with van der Waals surface area (Å²) in [6.45, 7) is 2.16. The molecule has 2 aromatic carbocycles. The van der Waals surface area contributed by atoms with E-state index in [9.17, 15) is 29.8 Å². The number of fused-ring (bicyclic) bond motifs is 1. The number of anilines is 1. The Morgan fingerprint density at radius 3 is 2.34 bits per heavy atom. The third-order valence-electron chi connectivity index (χ3n) is 4.45. The van der Waals surface area contributed by atoms with Crippen LogP contribution in [0.25, 0.3) is 10.1 Å². The Hall–Kier alpha value is -3.57. The largest absolute Gasteiger partial charge is 0.462 e. The predicted molar refractivity (Wildman–Crippen MR) is 120 cm³/mol. The lowest BCUT2D eigenvalue weighted by molar-refractivity contribution is -0.393. The highest BCUT2D eigenvalue weighted by Gasteiger charge is 2.28. The molecule has 166 valence electrons. The van der Waals surface area contributed by atoms with Crippen LogP contribution in [0.3, 0.4) is 0 Å². The molecule has 10 nitrogen and oxygen atoms in total. The van der Waals surface area contributed by atoms with Crippen LogP contribution in [0.2, 0.25) is 5.02 Å². The van der Waals surface area contributed by atoms with E-state index in [1.807, 2.05) is 6.92 Å². The van der Waals surface area contributed by atoms with E-state index in [1.54, 1.807) is 24.3 Å². The fourth-order valence-corrected chi connectivity index (χ4v) is 4.22. The molecule has 32 heavy (non-hydrogen) atoms. The van der Waals surface area contributed by atoms with Crippen LogP contribution in [0, 0.1) is 20.2 Å². The zero-order chi connectivity index (χ0) is 23.4. The maximum atomic E-state index is 12.8. The summed E-state index contributed by atoms with van der Waals surface area (Å²) in [6, 6.07) is 8.65. The fraction of sp³-hybridized carbons (Fsp3) is 0.200. The van der Waals surface area contributed by atoms with Crippen LogP contribution in [-0.4, -0.2) is 28.3 Å². The van der Waals surface area contributed by atoms with Crippen LogP contribution in [-0.2, 0) is 4.74 Å². The molecule has 3 aromatic rings. The van der Waals surface area contributed by atoms with Crippen molar-refractivity contribution in [3.8, 4) is 0 Å². The standard InChI is InChI=1S/C20H16ClN3O7S/c1-2-3-8-31-20(26)16-12-6-4-5-7-15(12)32-19(16)22-18(25)11-9-13(23(27)28)17(21)14(10-11)24(29)30/h4-7,9-10H,2-3,8H2,1H3,(H,22,25). The zero-order valence-electron chi connectivity index (χ0n) is 16.6. The van der Waals surface area contributed by atoms with Crippen LogP contribution >= 0.6 is 22.9 Å². The molecule has 1 aromatic heterocycles. The molecule has 0 bridgehead atoms. The minimum Gasteiger partial charge on any atom is -0.462 e. The van der Waals surface area contributed by atoms with Crippen molar-refractivity contribution in [1.82, 2.24) is 0 Å². The van der Waals surface area contributed by atoms with Crippen molar-refractivity contribution in [1.29, 1.82) is 0 Å². The number of hydrogen-bond acceptors (Lipinski definition) is 8. The van der Waals surface area contributed by atoms with Gasteiger partial charge in [0.1, 0.15) is 10.6 Å². The average Bonchev–Trinajstić information content (AvgIpc) is 3.11. The van der Waals surface area contributed by atoms with Gasteiger partial charge >= 0.3 is 5.97 Å². The first kappa shape index (κ1) is 23.1. The van der Waals surface area contributed by atoms with Crippen molar-refractivity contribution < 1.29 is 24.2 Å². The highest BCUT2D eigenvalue weighted by Crippen LogP contribution is 2.38. The van der Waals surface area contributed by atoms with Gasteiger partial charge in [-0.2, -0.15) is 0 Å². The number of unbranched alkanes of at least 4 members (excludes halogenated alkanes) is 1. The van der Waals surface area contributed by atoms with Gasteiger partial charge in [0.2, 0.25) is 0 Å². The van der Waals surface area contributed by atoms with E-state index in [4.69, 9.17) is 16.3 Å². The van der Waals surface area contributed by atoms with Crippen molar-refractivity contribution in [2.45, 2.75) is 19.8 Å². The first-order chi connectivity index (χ1) is 15.2. The molecule has 0 fully saturated rings. The second-order valence-electron chi connectivity index (χ2n) is 6.59. The maximum Gasteiger partial charge on any atom is 0.341 e. The number of carbonyl (C=O) groups is 2. The van der Waals surface area contributed by atoms with Crippen LogP contribution < -0.4 is 5.32 Å². The molecule has 0 aliphatic rings. The topological polar surface area (TPSA) is 142 Å². The molecule has 0 aliphatic carbocycles. The summed E-state index contributed by atoms with van der Waals surface area (Å²) in [5.74, 6) is -1.50. The molecule has 0 spiro atoms. The van der Waals surface area contributed by atoms with Gasteiger partial charge < -0.3 is 10.1 Å². The zero-order valence-corrected chi connectivity index (χ0v) is 18.2. The molecule has 1 heterocycles. The second-order valence-corrected chi connectivity index (χ2v) is 8.02. The van der Waals surface area contributed by atoms with Crippen molar-refractivity contribution in [3.05, 3.63) is 72.8 Å². The molecule has 0 atom stereocenters.